The Bertz CT molecular complexity index is 502. The summed E-state index contributed by atoms with van der Waals surface area (Å²) in [5, 5.41) is 13.6. The quantitative estimate of drug-likeness (QED) is 0.733. The molecule has 1 aromatic rings. The lowest BCUT2D eigenvalue weighted by Crippen LogP contribution is -2.39. The lowest BCUT2D eigenvalue weighted by Gasteiger charge is -2.11. The van der Waals surface area contributed by atoms with Gasteiger partial charge in [-0.05, 0) is 24.3 Å². The summed E-state index contributed by atoms with van der Waals surface area (Å²) in [6.45, 7) is -0.390. The second-order valence-corrected chi connectivity index (χ2v) is 3.95. The largest absolute Gasteiger partial charge is 0.467 e. The number of esters is 1. The SMILES string of the molecule is COC(=O)C(O)CNC(=O)Nc1ccc(C(F)(F)F)cc1. The summed E-state index contributed by atoms with van der Waals surface area (Å²) in [6.07, 6.45) is -5.97. The number of methoxy groups -OCH3 is 1. The molecule has 1 atom stereocenters. The third-order valence-corrected chi connectivity index (χ3v) is 2.40. The van der Waals surface area contributed by atoms with Gasteiger partial charge in [-0.25, -0.2) is 9.59 Å². The van der Waals surface area contributed by atoms with Gasteiger partial charge < -0.3 is 20.5 Å². The number of alkyl halides is 3. The van der Waals surface area contributed by atoms with Crippen LogP contribution in [0.3, 0.4) is 0 Å². The van der Waals surface area contributed by atoms with E-state index in [1.165, 1.54) is 0 Å². The fourth-order valence-electron chi connectivity index (χ4n) is 1.33. The highest BCUT2D eigenvalue weighted by molar-refractivity contribution is 5.89. The smallest absolute Gasteiger partial charge is 0.416 e. The summed E-state index contributed by atoms with van der Waals surface area (Å²) in [7, 11) is 1.08. The average molecular weight is 306 g/mol. The van der Waals surface area contributed by atoms with Crippen molar-refractivity contribution in [2.75, 3.05) is 19.0 Å². The van der Waals surface area contributed by atoms with Gasteiger partial charge >= 0.3 is 18.2 Å². The van der Waals surface area contributed by atoms with E-state index in [2.05, 4.69) is 15.4 Å². The number of carbonyl (C=O) groups is 2. The van der Waals surface area contributed by atoms with E-state index in [4.69, 9.17) is 0 Å². The lowest BCUT2D eigenvalue weighted by atomic mass is 10.2. The molecule has 0 saturated heterocycles. The number of urea groups is 1. The highest BCUT2D eigenvalue weighted by Crippen LogP contribution is 2.29. The van der Waals surface area contributed by atoms with Crippen molar-refractivity contribution < 1.29 is 32.6 Å². The molecule has 1 rings (SSSR count). The molecule has 9 heteroatoms. The Kier molecular flexibility index (Phi) is 5.53. The van der Waals surface area contributed by atoms with Crippen LogP contribution in [0.2, 0.25) is 0 Å². The van der Waals surface area contributed by atoms with Gasteiger partial charge in [-0.1, -0.05) is 0 Å². The third kappa shape index (κ3) is 5.30. The molecule has 1 unspecified atom stereocenters. The zero-order valence-electron chi connectivity index (χ0n) is 10.9. The van der Waals surface area contributed by atoms with E-state index in [1.54, 1.807) is 0 Å². The number of benzene rings is 1. The van der Waals surface area contributed by atoms with Gasteiger partial charge in [0.2, 0.25) is 0 Å². The van der Waals surface area contributed by atoms with Crippen molar-refractivity contribution in [3.8, 4) is 0 Å². The maximum absolute atomic E-state index is 12.3. The average Bonchev–Trinajstić information content (AvgIpc) is 2.43. The summed E-state index contributed by atoms with van der Waals surface area (Å²) in [4.78, 5) is 22.3. The van der Waals surface area contributed by atoms with Crippen LogP contribution in [-0.2, 0) is 15.7 Å². The summed E-state index contributed by atoms with van der Waals surface area (Å²) in [5.74, 6) is -0.912. The molecule has 3 N–H and O–H groups in total. The first-order valence-corrected chi connectivity index (χ1v) is 5.72. The summed E-state index contributed by atoms with van der Waals surface area (Å²) >= 11 is 0. The number of carbonyl (C=O) groups excluding carboxylic acids is 2. The van der Waals surface area contributed by atoms with Crippen LogP contribution in [0.1, 0.15) is 5.56 Å². The minimum Gasteiger partial charge on any atom is -0.467 e. The highest BCUT2D eigenvalue weighted by atomic mass is 19.4. The fourth-order valence-corrected chi connectivity index (χ4v) is 1.33. The molecule has 2 amide bonds. The normalized spacial score (nSPS) is 12.4. The first-order chi connectivity index (χ1) is 9.74. The van der Waals surface area contributed by atoms with E-state index in [9.17, 15) is 27.9 Å². The summed E-state index contributed by atoms with van der Waals surface area (Å²) in [5.41, 5.74) is -0.706. The molecule has 0 aliphatic rings. The van der Waals surface area contributed by atoms with Crippen molar-refractivity contribution in [2.24, 2.45) is 0 Å². The summed E-state index contributed by atoms with van der Waals surface area (Å²) in [6, 6.07) is 3.02. The molecule has 0 fully saturated rings. The monoisotopic (exact) mass is 306 g/mol. The Morgan fingerprint density at radius 2 is 1.86 bits per heavy atom. The van der Waals surface area contributed by atoms with Gasteiger partial charge in [-0.2, -0.15) is 13.2 Å². The van der Waals surface area contributed by atoms with Crippen LogP contribution < -0.4 is 10.6 Å². The number of halogens is 3. The molecule has 0 aromatic heterocycles. The molecule has 0 bridgehead atoms. The Morgan fingerprint density at radius 3 is 2.33 bits per heavy atom. The fraction of sp³-hybridized carbons (Fsp3) is 0.333. The van der Waals surface area contributed by atoms with Crippen LogP contribution in [0.4, 0.5) is 23.7 Å². The van der Waals surface area contributed by atoms with Gasteiger partial charge in [0.25, 0.3) is 0 Å². The second-order valence-electron chi connectivity index (χ2n) is 3.95. The number of hydrogen-bond donors (Lipinski definition) is 3. The van der Waals surface area contributed by atoms with Crippen molar-refractivity contribution >= 4 is 17.7 Å². The number of hydrogen-bond acceptors (Lipinski definition) is 4. The van der Waals surface area contributed by atoms with Crippen LogP contribution in [-0.4, -0.2) is 36.9 Å². The van der Waals surface area contributed by atoms with E-state index in [0.717, 1.165) is 31.4 Å². The Hall–Kier alpha value is -2.29. The molecule has 0 aliphatic heterocycles. The third-order valence-electron chi connectivity index (χ3n) is 2.40. The van der Waals surface area contributed by atoms with Gasteiger partial charge in [0.1, 0.15) is 0 Å². The second kappa shape index (κ2) is 6.93. The molecular formula is C12H13F3N2O4. The van der Waals surface area contributed by atoms with Crippen molar-refractivity contribution in [3.63, 3.8) is 0 Å². The number of nitrogens with one attached hydrogen (secondary N) is 2. The number of rotatable bonds is 4. The maximum Gasteiger partial charge on any atom is 0.416 e. The molecule has 21 heavy (non-hydrogen) atoms. The Labute approximate surface area is 117 Å². The van der Waals surface area contributed by atoms with Gasteiger partial charge in [0.15, 0.2) is 6.10 Å². The van der Waals surface area contributed by atoms with Gasteiger partial charge in [0, 0.05) is 5.69 Å². The van der Waals surface area contributed by atoms with Crippen LogP contribution >= 0.6 is 0 Å². The predicted octanol–water partition coefficient (Wildman–Crippen LogP) is 1.36. The first kappa shape index (κ1) is 16.8. The topological polar surface area (TPSA) is 87.7 Å². The van der Waals surface area contributed by atoms with E-state index >= 15 is 0 Å². The molecular weight excluding hydrogens is 293 g/mol. The molecule has 0 heterocycles. The Morgan fingerprint density at radius 1 is 1.29 bits per heavy atom. The number of aliphatic hydroxyl groups excluding tert-OH is 1. The molecule has 0 spiro atoms. The highest BCUT2D eigenvalue weighted by Gasteiger charge is 2.30. The van der Waals surface area contributed by atoms with Crippen molar-refractivity contribution in [2.45, 2.75) is 12.3 Å². The lowest BCUT2D eigenvalue weighted by molar-refractivity contribution is -0.149. The van der Waals surface area contributed by atoms with Crippen LogP contribution in [0.5, 0.6) is 0 Å². The first-order valence-electron chi connectivity index (χ1n) is 5.72. The van der Waals surface area contributed by atoms with Gasteiger partial charge in [-0.15, -0.1) is 0 Å². The molecule has 0 radical (unpaired) electrons. The Balaban J connectivity index is 2.50. The van der Waals surface area contributed by atoms with Crippen LogP contribution in [0.15, 0.2) is 24.3 Å². The van der Waals surface area contributed by atoms with E-state index < -0.39 is 29.8 Å². The van der Waals surface area contributed by atoms with Crippen LogP contribution in [0.25, 0.3) is 0 Å². The van der Waals surface area contributed by atoms with E-state index in [0.29, 0.717) is 0 Å². The molecule has 116 valence electrons. The van der Waals surface area contributed by atoms with Gasteiger partial charge in [-0.3, -0.25) is 0 Å². The minimum absolute atomic E-state index is 0.132. The summed E-state index contributed by atoms with van der Waals surface area (Å²) < 4.78 is 41.2. The van der Waals surface area contributed by atoms with E-state index in [1.807, 2.05) is 0 Å². The molecule has 6 nitrogen and oxygen atoms in total. The standard InChI is InChI=1S/C12H13F3N2O4/c1-21-10(19)9(18)6-16-11(20)17-8-4-2-7(3-5-8)12(13,14)15/h2-5,9,18H,6H2,1H3,(H2,16,17,20). The van der Waals surface area contributed by atoms with E-state index in [-0.39, 0.29) is 12.2 Å². The molecule has 0 saturated carbocycles. The van der Waals surface area contributed by atoms with Crippen molar-refractivity contribution in [3.05, 3.63) is 29.8 Å². The number of anilines is 1. The number of aliphatic hydroxyl groups is 1. The molecule has 0 aliphatic carbocycles. The van der Waals surface area contributed by atoms with Gasteiger partial charge in [0.05, 0.1) is 19.2 Å². The molecule has 1 aromatic carbocycles. The van der Waals surface area contributed by atoms with Crippen molar-refractivity contribution in [1.29, 1.82) is 0 Å². The number of amides is 2. The van der Waals surface area contributed by atoms with Crippen molar-refractivity contribution in [1.82, 2.24) is 5.32 Å². The maximum atomic E-state index is 12.3. The zero-order chi connectivity index (χ0) is 16.0. The van der Waals surface area contributed by atoms with Crippen LogP contribution in [0, 0.1) is 0 Å². The minimum atomic E-state index is -4.45. The predicted molar refractivity (Wildman–Crippen MR) is 66.5 cm³/mol. The zero-order valence-corrected chi connectivity index (χ0v) is 10.9. The number of ether oxygens (including phenoxy) is 1.